The number of β-lactam (4-membered cyclic amide) rings is 1. The van der Waals surface area contributed by atoms with E-state index >= 15 is 0 Å². The number of aromatic nitrogens is 2. The molecular weight excluding hydrogens is 562 g/mol. The van der Waals surface area contributed by atoms with E-state index in [0.29, 0.717) is 33.3 Å². The molecular formula is C25H25N5O8S2. The van der Waals surface area contributed by atoms with Crippen LogP contribution in [0.2, 0.25) is 0 Å². The molecule has 0 saturated carbocycles. The fraction of sp³-hybridized carbons (Fsp3) is 0.360. The van der Waals surface area contributed by atoms with Gasteiger partial charge in [-0.1, -0.05) is 6.92 Å². The summed E-state index contributed by atoms with van der Waals surface area (Å²) in [5, 5.41) is 34.1. The Hall–Kier alpha value is -3.95. The molecule has 2 aliphatic rings. The highest BCUT2D eigenvalue weighted by Crippen LogP contribution is 2.51. The van der Waals surface area contributed by atoms with E-state index < -0.39 is 35.0 Å². The minimum Gasteiger partial charge on any atom is -0.477 e. The number of aliphatic carboxylic acids is 1. The number of nitrogens with zero attached hydrogens (tertiary/aromatic N) is 4. The molecule has 5 rings (SSSR count). The summed E-state index contributed by atoms with van der Waals surface area (Å²) < 4.78 is 6.95. The van der Waals surface area contributed by atoms with Crippen LogP contribution in [-0.4, -0.2) is 71.8 Å². The van der Waals surface area contributed by atoms with Crippen molar-refractivity contribution in [2.24, 2.45) is 11.8 Å². The van der Waals surface area contributed by atoms with E-state index in [1.165, 1.54) is 52.3 Å². The summed E-state index contributed by atoms with van der Waals surface area (Å²) in [5.41, 5.74) is 1.11. The Balaban J connectivity index is 1.19. The van der Waals surface area contributed by atoms with Crippen LogP contribution in [0.3, 0.4) is 0 Å². The molecule has 2 amide bonds. The number of thiazole rings is 1. The Bertz CT molecular complexity index is 1530. The molecule has 1 aromatic carbocycles. The minimum absolute atomic E-state index is 0.0228. The van der Waals surface area contributed by atoms with Crippen LogP contribution < -0.4 is 5.32 Å². The number of nitro groups is 1. The van der Waals surface area contributed by atoms with Gasteiger partial charge in [0.1, 0.15) is 28.5 Å². The van der Waals surface area contributed by atoms with Crippen LogP contribution in [0.1, 0.15) is 24.3 Å². The van der Waals surface area contributed by atoms with Crippen molar-refractivity contribution in [1.29, 1.82) is 0 Å². The van der Waals surface area contributed by atoms with Crippen molar-refractivity contribution in [2.75, 3.05) is 12.3 Å². The SMILES string of the molecule is C[C@@H](O)[C@H]1C(=O)N2C(C(=O)O)=C(c3cn4cnc(SCCNC(=O)OCc5ccc([N+](=O)[O-])cc5)c4s3)[C@H](C)[C@H]12. The lowest BCUT2D eigenvalue weighted by molar-refractivity contribution is -0.384. The first kappa shape index (κ1) is 27.6. The fourth-order valence-corrected chi connectivity index (χ4v) is 7.27. The van der Waals surface area contributed by atoms with Crippen LogP contribution in [0.5, 0.6) is 0 Å². The number of rotatable bonds is 10. The number of ether oxygens (including phenoxy) is 1. The smallest absolute Gasteiger partial charge is 0.407 e. The second-order valence-corrected chi connectivity index (χ2v) is 11.6. The highest BCUT2D eigenvalue weighted by molar-refractivity contribution is 7.99. The van der Waals surface area contributed by atoms with Crippen LogP contribution in [0.4, 0.5) is 10.5 Å². The van der Waals surface area contributed by atoms with Crippen LogP contribution in [0, 0.1) is 22.0 Å². The number of amides is 2. The molecule has 3 aromatic rings. The van der Waals surface area contributed by atoms with Crippen molar-refractivity contribution >= 4 is 57.2 Å². The Morgan fingerprint density at radius 1 is 1.32 bits per heavy atom. The molecule has 0 spiro atoms. The number of carbonyl (C=O) groups is 3. The van der Waals surface area contributed by atoms with Gasteiger partial charge in [-0.3, -0.25) is 19.3 Å². The lowest BCUT2D eigenvalue weighted by Gasteiger charge is -2.46. The highest BCUT2D eigenvalue weighted by Gasteiger charge is 2.60. The summed E-state index contributed by atoms with van der Waals surface area (Å²) >= 11 is 2.79. The Morgan fingerprint density at radius 3 is 2.70 bits per heavy atom. The molecule has 4 heterocycles. The summed E-state index contributed by atoms with van der Waals surface area (Å²) in [5.74, 6) is -1.96. The summed E-state index contributed by atoms with van der Waals surface area (Å²) in [4.78, 5) is 54.2. The van der Waals surface area contributed by atoms with Crippen LogP contribution in [-0.2, 0) is 20.9 Å². The lowest BCUT2D eigenvalue weighted by atomic mass is 9.77. The maximum absolute atomic E-state index is 12.6. The second-order valence-electron chi connectivity index (χ2n) is 9.45. The Labute approximate surface area is 235 Å². The van der Waals surface area contributed by atoms with Gasteiger partial charge >= 0.3 is 12.1 Å². The van der Waals surface area contributed by atoms with Crippen LogP contribution in [0.15, 0.2) is 47.5 Å². The number of fused-ring (bicyclic) bond motifs is 2. The van der Waals surface area contributed by atoms with Crippen molar-refractivity contribution in [3.63, 3.8) is 0 Å². The molecule has 13 nitrogen and oxygen atoms in total. The number of thioether (sulfide) groups is 1. The summed E-state index contributed by atoms with van der Waals surface area (Å²) in [6.45, 7) is 3.69. The van der Waals surface area contributed by atoms with Gasteiger partial charge in [0, 0.05) is 42.1 Å². The van der Waals surface area contributed by atoms with Crippen molar-refractivity contribution in [3.8, 4) is 0 Å². The van der Waals surface area contributed by atoms with Gasteiger partial charge in [-0.15, -0.1) is 23.1 Å². The third kappa shape index (κ3) is 4.91. The number of aliphatic hydroxyl groups is 1. The number of aliphatic hydroxyl groups excluding tert-OH is 1. The number of nitrogens with one attached hydrogen (secondary N) is 1. The topological polar surface area (TPSA) is 177 Å². The van der Waals surface area contributed by atoms with E-state index in [0.717, 1.165) is 4.83 Å². The lowest BCUT2D eigenvalue weighted by Crippen LogP contribution is -2.63. The van der Waals surface area contributed by atoms with Gasteiger partial charge in [0.15, 0.2) is 0 Å². The number of imidazole rings is 1. The van der Waals surface area contributed by atoms with E-state index in [9.17, 15) is 34.7 Å². The first-order valence-corrected chi connectivity index (χ1v) is 14.1. The molecule has 0 aliphatic carbocycles. The fourth-order valence-electron chi connectivity index (χ4n) is 5.11. The zero-order valence-corrected chi connectivity index (χ0v) is 23.0. The van der Waals surface area contributed by atoms with Gasteiger partial charge in [0.05, 0.1) is 27.9 Å². The molecule has 15 heteroatoms. The summed E-state index contributed by atoms with van der Waals surface area (Å²) in [6.07, 6.45) is 1.94. The number of carboxylic acid groups (broad SMARTS) is 1. The molecule has 2 aromatic heterocycles. The third-order valence-corrected chi connectivity index (χ3v) is 9.20. The monoisotopic (exact) mass is 587 g/mol. The van der Waals surface area contributed by atoms with E-state index in [-0.39, 0.29) is 29.8 Å². The van der Waals surface area contributed by atoms with Crippen molar-refractivity contribution in [3.05, 3.63) is 63.0 Å². The number of carbonyl (C=O) groups excluding carboxylic acids is 2. The number of hydrogen-bond acceptors (Lipinski definition) is 10. The highest BCUT2D eigenvalue weighted by atomic mass is 32.2. The van der Waals surface area contributed by atoms with E-state index in [1.807, 2.05) is 6.92 Å². The van der Waals surface area contributed by atoms with Gasteiger partial charge in [-0.2, -0.15) is 0 Å². The van der Waals surface area contributed by atoms with E-state index in [4.69, 9.17) is 4.74 Å². The zero-order chi connectivity index (χ0) is 28.7. The molecule has 2 aliphatic heterocycles. The number of carboxylic acids is 1. The van der Waals surface area contributed by atoms with Gasteiger partial charge in [-0.25, -0.2) is 14.6 Å². The number of alkyl carbamates (subject to hydrolysis) is 1. The first-order valence-electron chi connectivity index (χ1n) is 12.3. The standard InChI is InChI=1S/C25H25N5O8S2/c1-12-17(20(24(33)34)29-19(12)18(13(2)31)22(29)32)16-9-28-11-27-21(23(28)40-16)39-8-7-26-25(35)38-10-14-3-5-15(6-4-14)30(36)37/h3-6,9,11-13,18-19,31H,7-8,10H2,1-2H3,(H,26,35)(H,33,34)/t12-,13+,18+,19+/m0/s1. The van der Waals surface area contributed by atoms with E-state index in [1.54, 1.807) is 23.8 Å². The van der Waals surface area contributed by atoms with Gasteiger partial charge in [-0.05, 0) is 24.6 Å². The Kier molecular flexibility index (Phi) is 7.53. The quantitative estimate of drug-likeness (QED) is 0.105. The number of benzene rings is 1. The maximum atomic E-state index is 12.6. The number of non-ortho nitro benzene ring substituents is 1. The molecule has 4 atom stereocenters. The van der Waals surface area contributed by atoms with Crippen LogP contribution in [0.25, 0.3) is 10.4 Å². The number of nitro benzene ring substituents is 1. The molecule has 210 valence electrons. The van der Waals surface area contributed by atoms with Crippen molar-refractivity contribution < 1.29 is 34.3 Å². The average Bonchev–Trinajstić information content (AvgIpc) is 3.55. The van der Waals surface area contributed by atoms with Gasteiger partial charge in [0.25, 0.3) is 5.69 Å². The second kappa shape index (κ2) is 10.9. The minimum atomic E-state index is -1.18. The maximum Gasteiger partial charge on any atom is 0.407 e. The first-order chi connectivity index (χ1) is 19.1. The molecule has 1 saturated heterocycles. The van der Waals surface area contributed by atoms with Crippen molar-refractivity contribution in [2.45, 2.75) is 37.6 Å². The average molecular weight is 588 g/mol. The molecule has 0 unspecified atom stereocenters. The third-order valence-electron chi connectivity index (χ3n) is 6.95. The Morgan fingerprint density at radius 2 is 2.05 bits per heavy atom. The predicted molar refractivity (Wildman–Crippen MR) is 145 cm³/mol. The molecule has 3 N–H and O–H groups in total. The molecule has 1 fully saturated rings. The van der Waals surface area contributed by atoms with Crippen LogP contribution >= 0.6 is 23.1 Å². The van der Waals surface area contributed by atoms with Gasteiger partial charge < -0.3 is 25.2 Å². The largest absolute Gasteiger partial charge is 0.477 e. The summed E-state index contributed by atoms with van der Waals surface area (Å²) in [7, 11) is 0. The van der Waals surface area contributed by atoms with E-state index in [2.05, 4.69) is 10.3 Å². The molecule has 0 radical (unpaired) electrons. The van der Waals surface area contributed by atoms with Crippen molar-refractivity contribution in [1.82, 2.24) is 19.6 Å². The molecule has 40 heavy (non-hydrogen) atoms. The normalized spacial score (nSPS) is 20.8. The number of hydrogen-bond donors (Lipinski definition) is 3. The predicted octanol–water partition coefficient (Wildman–Crippen LogP) is 2.98. The molecule has 0 bridgehead atoms. The van der Waals surface area contributed by atoms with Gasteiger partial charge in [0.2, 0.25) is 5.91 Å². The zero-order valence-electron chi connectivity index (χ0n) is 21.3. The summed E-state index contributed by atoms with van der Waals surface area (Å²) in [6, 6.07) is 5.33.